The van der Waals surface area contributed by atoms with Crippen LogP contribution >= 0.6 is 11.6 Å². The molecule has 1 rings (SSSR count). The van der Waals surface area contributed by atoms with Crippen molar-refractivity contribution < 1.29 is 12.3 Å². The van der Waals surface area contributed by atoms with Crippen LogP contribution in [0.2, 0.25) is 5.02 Å². The van der Waals surface area contributed by atoms with Gasteiger partial charge in [0, 0.05) is 0 Å². The van der Waals surface area contributed by atoms with Gasteiger partial charge in [0.25, 0.3) is 5.16 Å². The van der Waals surface area contributed by atoms with Gasteiger partial charge in [-0.15, -0.1) is 0 Å². The van der Waals surface area contributed by atoms with Crippen molar-refractivity contribution in [3.05, 3.63) is 17.4 Å². The van der Waals surface area contributed by atoms with Crippen molar-refractivity contribution in [3.63, 3.8) is 0 Å². The summed E-state index contributed by atoms with van der Waals surface area (Å²) in [6.07, 6.45) is 2.00. The van der Waals surface area contributed by atoms with E-state index in [2.05, 4.69) is 9.97 Å². The average Bonchev–Trinajstić information content (AvgIpc) is 1.86. The molecule has 1 aromatic rings. The van der Waals surface area contributed by atoms with Gasteiger partial charge in [-0.05, 0) is 0 Å². The van der Waals surface area contributed by atoms with Crippen LogP contribution in [-0.4, -0.2) is 18.4 Å². The molecule has 11 heavy (non-hydrogen) atoms. The van der Waals surface area contributed by atoms with Crippen molar-refractivity contribution in [2.75, 3.05) is 0 Å². The summed E-state index contributed by atoms with van der Waals surface area (Å²) in [5.74, 6) is 0. The van der Waals surface area contributed by atoms with Gasteiger partial charge in [-0.2, -0.15) is 8.42 Å². The van der Waals surface area contributed by atoms with Crippen molar-refractivity contribution >= 4 is 21.8 Å². The Morgan fingerprint density at radius 2 is 1.82 bits per heavy atom. The van der Waals surface area contributed by atoms with Crippen molar-refractivity contribution in [3.8, 4) is 0 Å². The van der Waals surface area contributed by atoms with Crippen LogP contribution in [0, 0.1) is 0 Å². The van der Waals surface area contributed by atoms with Crippen LogP contribution in [0.4, 0.5) is 3.89 Å². The fourth-order valence-electron chi connectivity index (χ4n) is 0.426. The molecule has 0 aliphatic heterocycles. The summed E-state index contributed by atoms with van der Waals surface area (Å²) in [5.41, 5.74) is 0. The molecule has 0 spiro atoms. The summed E-state index contributed by atoms with van der Waals surface area (Å²) in [4.78, 5) is 6.29. The smallest absolute Gasteiger partial charge is 0.223 e. The van der Waals surface area contributed by atoms with Gasteiger partial charge in [0.2, 0.25) is 0 Å². The predicted octanol–water partition coefficient (Wildman–Crippen LogP) is 0.788. The third kappa shape index (κ3) is 2.09. The van der Waals surface area contributed by atoms with Gasteiger partial charge in [0.05, 0.1) is 17.4 Å². The van der Waals surface area contributed by atoms with Crippen molar-refractivity contribution in [2.45, 2.75) is 5.16 Å². The third-order valence-corrected chi connectivity index (χ3v) is 1.66. The van der Waals surface area contributed by atoms with Gasteiger partial charge in [-0.25, -0.2) is 9.97 Å². The molecule has 0 fully saturated rings. The highest BCUT2D eigenvalue weighted by Gasteiger charge is 2.14. The summed E-state index contributed by atoms with van der Waals surface area (Å²) in [6.45, 7) is 0. The molecule has 0 saturated carbocycles. The molecule has 1 aromatic heterocycles. The van der Waals surface area contributed by atoms with Crippen LogP contribution in [0.1, 0.15) is 0 Å². The fourth-order valence-corrected chi connectivity index (χ4v) is 0.881. The van der Waals surface area contributed by atoms with Gasteiger partial charge >= 0.3 is 10.2 Å². The largest absolute Gasteiger partial charge is 0.368 e. The Morgan fingerprint density at radius 3 is 2.18 bits per heavy atom. The van der Waals surface area contributed by atoms with Gasteiger partial charge in [0.15, 0.2) is 0 Å². The Labute approximate surface area is 67.3 Å². The van der Waals surface area contributed by atoms with Crippen molar-refractivity contribution in [1.29, 1.82) is 0 Å². The second kappa shape index (κ2) is 2.71. The maximum Gasteiger partial charge on any atom is 0.368 e. The zero-order valence-electron chi connectivity index (χ0n) is 5.03. The lowest BCUT2D eigenvalue weighted by atomic mass is 10.7. The summed E-state index contributed by atoms with van der Waals surface area (Å²) in [6, 6.07) is 0. The molecule has 0 aliphatic rings. The second-order valence-corrected chi connectivity index (χ2v) is 3.30. The van der Waals surface area contributed by atoms with Crippen LogP contribution in [0.25, 0.3) is 0 Å². The highest BCUT2D eigenvalue weighted by molar-refractivity contribution is 7.86. The molecule has 60 valence electrons. The minimum absolute atomic E-state index is 0.150. The predicted molar refractivity (Wildman–Crippen MR) is 35.3 cm³/mol. The average molecular weight is 197 g/mol. The molecule has 0 saturated heterocycles. The Kier molecular flexibility index (Phi) is 2.05. The lowest BCUT2D eigenvalue weighted by Crippen LogP contribution is -1.98. The van der Waals surface area contributed by atoms with Crippen molar-refractivity contribution in [1.82, 2.24) is 9.97 Å². The Bertz CT molecular complexity index is 349. The van der Waals surface area contributed by atoms with Gasteiger partial charge in [-0.3, -0.25) is 0 Å². The number of halogens is 2. The number of hydrogen-bond acceptors (Lipinski definition) is 4. The lowest BCUT2D eigenvalue weighted by molar-refractivity contribution is 0.542. The van der Waals surface area contributed by atoms with Crippen LogP contribution in [0.3, 0.4) is 0 Å². The number of rotatable bonds is 1. The van der Waals surface area contributed by atoms with E-state index in [9.17, 15) is 12.3 Å². The molecule has 4 nitrogen and oxygen atoms in total. The van der Waals surface area contributed by atoms with Crippen LogP contribution in [-0.2, 0) is 10.2 Å². The first kappa shape index (κ1) is 8.35. The SMILES string of the molecule is O=S(=O)(F)c1ncc(Cl)cn1. The summed E-state index contributed by atoms with van der Waals surface area (Å²) in [7, 11) is -4.80. The minimum atomic E-state index is -4.80. The molecule has 0 N–H and O–H groups in total. The second-order valence-electron chi connectivity index (χ2n) is 1.62. The lowest BCUT2D eigenvalue weighted by Gasteiger charge is -1.90. The van der Waals surface area contributed by atoms with E-state index in [1.807, 2.05) is 0 Å². The molecule has 0 amide bonds. The first-order chi connectivity index (χ1) is 5.00. The minimum Gasteiger partial charge on any atom is -0.223 e. The summed E-state index contributed by atoms with van der Waals surface area (Å²) < 4.78 is 32.3. The molecule has 1 heterocycles. The van der Waals surface area contributed by atoms with E-state index in [4.69, 9.17) is 11.6 Å². The molecule has 0 radical (unpaired) electrons. The topological polar surface area (TPSA) is 59.9 Å². The van der Waals surface area contributed by atoms with E-state index in [1.165, 1.54) is 0 Å². The van der Waals surface area contributed by atoms with Crippen LogP contribution < -0.4 is 0 Å². The first-order valence-corrected chi connectivity index (χ1v) is 4.18. The van der Waals surface area contributed by atoms with E-state index < -0.39 is 15.4 Å². The molecule has 0 unspecified atom stereocenters. The summed E-state index contributed by atoms with van der Waals surface area (Å²) in [5, 5.41) is -0.723. The molecule has 0 atom stereocenters. The van der Waals surface area contributed by atoms with Crippen LogP contribution in [0.5, 0.6) is 0 Å². The zero-order valence-corrected chi connectivity index (χ0v) is 6.60. The molecule has 7 heteroatoms. The standard InChI is InChI=1S/C4H2ClFN2O2S/c5-3-1-7-4(8-2-3)11(6,9)10/h1-2H. The summed E-state index contributed by atoms with van der Waals surface area (Å²) >= 11 is 5.32. The van der Waals surface area contributed by atoms with Crippen LogP contribution in [0.15, 0.2) is 17.6 Å². The third-order valence-electron chi connectivity index (χ3n) is 0.815. The fraction of sp³-hybridized carbons (Fsp3) is 0. The van der Waals surface area contributed by atoms with Gasteiger partial charge in [-0.1, -0.05) is 15.5 Å². The molecule has 0 aliphatic carbocycles. The number of nitrogens with zero attached hydrogens (tertiary/aromatic N) is 2. The van der Waals surface area contributed by atoms with E-state index in [0.29, 0.717) is 0 Å². The number of aromatic nitrogens is 2. The Balaban J connectivity index is 3.20. The maximum absolute atomic E-state index is 12.1. The van der Waals surface area contributed by atoms with E-state index >= 15 is 0 Å². The van der Waals surface area contributed by atoms with E-state index in [1.54, 1.807) is 0 Å². The highest BCUT2D eigenvalue weighted by atomic mass is 35.5. The van der Waals surface area contributed by atoms with Crippen molar-refractivity contribution in [2.24, 2.45) is 0 Å². The van der Waals surface area contributed by atoms with E-state index in [-0.39, 0.29) is 5.02 Å². The Morgan fingerprint density at radius 1 is 1.36 bits per heavy atom. The van der Waals surface area contributed by atoms with Gasteiger partial charge < -0.3 is 0 Å². The number of hydrogen-bond donors (Lipinski definition) is 0. The zero-order chi connectivity index (χ0) is 8.48. The monoisotopic (exact) mass is 196 g/mol. The molecular weight excluding hydrogens is 195 g/mol. The Hall–Kier alpha value is -0.750. The maximum atomic E-state index is 12.1. The normalized spacial score (nSPS) is 11.5. The molecular formula is C4H2ClFN2O2S. The molecule has 0 aromatic carbocycles. The molecule has 0 bridgehead atoms. The van der Waals surface area contributed by atoms with E-state index in [0.717, 1.165) is 12.4 Å². The highest BCUT2D eigenvalue weighted by Crippen LogP contribution is 2.08. The van der Waals surface area contributed by atoms with Gasteiger partial charge in [0.1, 0.15) is 0 Å². The first-order valence-electron chi connectivity index (χ1n) is 2.42. The quantitative estimate of drug-likeness (QED) is 0.492.